The molecule has 0 spiro atoms. The molecule has 1 aliphatic rings. The number of nitrogens with one attached hydrogen (secondary N) is 1. The van der Waals surface area contributed by atoms with Crippen LogP contribution in [0, 0.1) is 6.92 Å². The number of likely N-dealkylation sites (tertiary alicyclic amines) is 1. The zero-order valence-electron chi connectivity index (χ0n) is 14.7. The van der Waals surface area contributed by atoms with Crippen LogP contribution in [0.2, 0.25) is 0 Å². The lowest BCUT2D eigenvalue weighted by Gasteiger charge is -2.34. The molecule has 0 aromatic carbocycles. The van der Waals surface area contributed by atoms with E-state index in [4.69, 9.17) is 0 Å². The summed E-state index contributed by atoms with van der Waals surface area (Å²) in [6.45, 7) is 7.05. The van der Waals surface area contributed by atoms with E-state index in [1.165, 1.54) is 6.33 Å². The summed E-state index contributed by atoms with van der Waals surface area (Å²) in [6.07, 6.45) is 8.29. The minimum absolute atomic E-state index is 0.0235. The number of carbonyl (C=O) groups is 1. The number of rotatable bonds is 5. The molecule has 0 bridgehead atoms. The zero-order chi connectivity index (χ0) is 17.1. The summed E-state index contributed by atoms with van der Waals surface area (Å²) in [5.74, 6) is 0.818. The van der Waals surface area contributed by atoms with Crippen molar-refractivity contribution in [1.29, 1.82) is 0 Å². The predicted molar refractivity (Wildman–Crippen MR) is 90.6 cm³/mol. The third kappa shape index (κ3) is 2.95. The molecule has 0 unspecified atom stereocenters. The van der Waals surface area contributed by atoms with Crippen LogP contribution in [0.1, 0.15) is 79.9 Å². The highest BCUT2D eigenvalue weighted by atomic mass is 16.2. The average molecular weight is 330 g/mol. The molecule has 1 saturated heterocycles. The van der Waals surface area contributed by atoms with Gasteiger partial charge in [-0.15, -0.1) is 0 Å². The Labute approximate surface area is 142 Å². The van der Waals surface area contributed by atoms with Crippen molar-refractivity contribution in [2.75, 3.05) is 6.54 Å². The predicted octanol–water partition coefficient (Wildman–Crippen LogP) is 3.04. The third-order valence-corrected chi connectivity index (χ3v) is 5.08. The second-order valence-corrected chi connectivity index (χ2v) is 6.44. The Morgan fingerprint density at radius 2 is 2.17 bits per heavy atom. The molecule has 24 heavy (non-hydrogen) atoms. The molecule has 0 saturated carbocycles. The SMILES string of the molecule is CCC(CC)n1ncc(C(=O)N2CCCC[C@@H]2c2ncn[nH]2)c1C. The van der Waals surface area contributed by atoms with Gasteiger partial charge in [0.15, 0.2) is 0 Å². The van der Waals surface area contributed by atoms with Crippen molar-refractivity contribution in [2.45, 2.75) is 65.0 Å². The molecule has 1 N–H and O–H groups in total. The maximum Gasteiger partial charge on any atom is 0.257 e. The van der Waals surface area contributed by atoms with E-state index in [1.807, 2.05) is 16.5 Å². The first-order valence-corrected chi connectivity index (χ1v) is 8.87. The standard InChI is InChI=1S/C17H26N6O/c1-4-13(5-2)23-12(3)14(10-20-23)17(24)22-9-7-6-8-15(22)16-18-11-19-21-16/h10-11,13,15H,4-9H2,1-3H3,(H,18,19,21)/t15-/m1/s1. The maximum atomic E-state index is 13.1. The zero-order valence-corrected chi connectivity index (χ0v) is 14.7. The molecule has 130 valence electrons. The molecular weight excluding hydrogens is 304 g/mol. The van der Waals surface area contributed by atoms with Crippen LogP contribution in [0.3, 0.4) is 0 Å². The first-order valence-electron chi connectivity index (χ1n) is 8.87. The molecule has 1 aliphatic heterocycles. The Morgan fingerprint density at radius 3 is 2.83 bits per heavy atom. The molecule has 0 aliphatic carbocycles. The lowest BCUT2D eigenvalue weighted by Crippen LogP contribution is -2.39. The van der Waals surface area contributed by atoms with E-state index in [0.717, 1.165) is 50.2 Å². The summed E-state index contributed by atoms with van der Waals surface area (Å²) in [6, 6.07) is 0.322. The van der Waals surface area contributed by atoms with E-state index in [0.29, 0.717) is 11.6 Å². The Morgan fingerprint density at radius 1 is 1.38 bits per heavy atom. The van der Waals surface area contributed by atoms with Crippen molar-refractivity contribution in [2.24, 2.45) is 0 Å². The fourth-order valence-corrected chi connectivity index (χ4v) is 3.63. The van der Waals surface area contributed by atoms with Gasteiger partial charge < -0.3 is 4.90 Å². The highest BCUT2D eigenvalue weighted by Gasteiger charge is 2.32. The van der Waals surface area contributed by atoms with Crippen LogP contribution in [0.4, 0.5) is 0 Å². The van der Waals surface area contributed by atoms with Gasteiger partial charge in [-0.25, -0.2) is 4.98 Å². The van der Waals surface area contributed by atoms with E-state index in [1.54, 1.807) is 6.20 Å². The molecule has 2 aromatic heterocycles. The van der Waals surface area contributed by atoms with E-state index in [2.05, 4.69) is 34.1 Å². The Kier molecular flexibility index (Phi) is 4.97. The second-order valence-electron chi connectivity index (χ2n) is 6.44. The number of aromatic nitrogens is 5. The molecule has 7 nitrogen and oxygen atoms in total. The number of hydrogen-bond donors (Lipinski definition) is 1. The van der Waals surface area contributed by atoms with Gasteiger partial charge in [-0.1, -0.05) is 13.8 Å². The van der Waals surface area contributed by atoms with Crippen molar-refractivity contribution in [1.82, 2.24) is 29.9 Å². The highest BCUT2D eigenvalue weighted by Crippen LogP contribution is 2.31. The van der Waals surface area contributed by atoms with Gasteiger partial charge in [0.2, 0.25) is 0 Å². The van der Waals surface area contributed by atoms with Crippen molar-refractivity contribution < 1.29 is 4.79 Å². The summed E-state index contributed by atoms with van der Waals surface area (Å²) in [5.41, 5.74) is 1.66. The molecule has 3 rings (SSSR count). The third-order valence-electron chi connectivity index (χ3n) is 5.08. The van der Waals surface area contributed by atoms with Crippen molar-refractivity contribution in [3.63, 3.8) is 0 Å². The van der Waals surface area contributed by atoms with E-state index in [9.17, 15) is 4.79 Å². The Bertz CT molecular complexity index is 673. The van der Waals surface area contributed by atoms with Gasteiger partial charge in [0.05, 0.1) is 23.8 Å². The summed E-state index contributed by atoms with van der Waals surface area (Å²) < 4.78 is 2.00. The van der Waals surface area contributed by atoms with Gasteiger partial charge in [-0.3, -0.25) is 14.6 Å². The molecule has 3 heterocycles. The van der Waals surface area contributed by atoms with Crippen molar-refractivity contribution in [3.8, 4) is 0 Å². The Hall–Kier alpha value is -2.18. The van der Waals surface area contributed by atoms with Gasteiger partial charge in [0.25, 0.3) is 5.91 Å². The molecule has 1 fully saturated rings. The van der Waals surface area contributed by atoms with Crippen LogP contribution in [0.5, 0.6) is 0 Å². The quantitative estimate of drug-likeness (QED) is 0.914. The first kappa shape index (κ1) is 16.7. The normalized spacial score (nSPS) is 18.3. The average Bonchev–Trinajstić information content (AvgIpc) is 3.26. The molecule has 0 radical (unpaired) electrons. The van der Waals surface area contributed by atoms with Crippen LogP contribution in [-0.4, -0.2) is 42.3 Å². The molecule has 1 atom stereocenters. The largest absolute Gasteiger partial charge is 0.328 e. The van der Waals surface area contributed by atoms with Crippen LogP contribution in [0.15, 0.2) is 12.5 Å². The fourth-order valence-electron chi connectivity index (χ4n) is 3.63. The molecule has 7 heteroatoms. The number of hydrogen-bond acceptors (Lipinski definition) is 4. The summed E-state index contributed by atoms with van der Waals surface area (Å²) in [5, 5.41) is 11.4. The lowest BCUT2D eigenvalue weighted by atomic mass is 10.0. The van der Waals surface area contributed by atoms with E-state index >= 15 is 0 Å². The fraction of sp³-hybridized carbons (Fsp3) is 0.647. The van der Waals surface area contributed by atoms with Gasteiger partial charge in [-0.2, -0.15) is 10.2 Å². The minimum atomic E-state index is -0.0235. The van der Waals surface area contributed by atoms with Gasteiger partial charge in [-0.05, 0) is 39.0 Å². The van der Waals surface area contributed by atoms with Gasteiger partial charge in [0.1, 0.15) is 12.2 Å². The van der Waals surface area contributed by atoms with Crippen LogP contribution >= 0.6 is 0 Å². The number of piperidine rings is 1. The van der Waals surface area contributed by atoms with E-state index < -0.39 is 0 Å². The number of H-pyrrole nitrogens is 1. The first-order chi connectivity index (χ1) is 11.7. The monoisotopic (exact) mass is 330 g/mol. The van der Waals surface area contributed by atoms with Crippen LogP contribution < -0.4 is 0 Å². The lowest BCUT2D eigenvalue weighted by molar-refractivity contribution is 0.0599. The number of amides is 1. The van der Waals surface area contributed by atoms with Crippen LogP contribution in [-0.2, 0) is 0 Å². The van der Waals surface area contributed by atoms with Gasteiger partial charge >= 0.3 is 0 Å². The van der Waals surface area contributed by atoms with Gasteiger partial charge in [0, 0.05) is 12.2 Å². The summed E-state index contributed by atoms with van der Waals surface area (Å²) >= 11 is 0. The highest BCUT2D eigenvalue weighted by molar-refractivity contribution is 5.95. The summed E-state index contributed by atoms with van der Waals surface area (Å²) in [7, 11) is 0. The molecule has 2 aromatic rings. The smallest absolute Gasteiger partial charge is 0.257 e. The topological polar surface area (TPSA) is 79.7 Å². The summed E-state index contributed by atoms with van der Waals surface area (Å²) in [4.78, 5) is 19.3. The van der Waals surface area contributed by atoms with E-state index in [-0.39, 0.29) is 11.9 Å². The van der Waals surface area contributed by atoms with Crippen molar-refractivity contribution >= 4 is 5.91 Å². The van der Waals surface area contributed by atoms with Crippen LogP contribution in [0.25, 0.3) is 0 Å². The number of nitrogens with zero attached hydrogens (tertiary/aromatic N) is 5. The molecule has 1 amide bonds. The number of aromatic amines is 1. The molecular formula is C17H26N6O. The number of carbonyl (C=O) groups excluding carboxylic acids is 1. The maximum absolute atomic E-state index is 13.1. The Balaban J connectivity index is 1.87. The van der Waals surface area contributed by atoms with Crippen molar-refractivity contribution in [3.05, 3.63) is 29.6 Å². The second kappa shape index (κ2) is 7.15. The minimum Gasteiger partial charge on any atom is -0.328 e.